The summed E-state index contributed by atoms with van der Waals surface area (Å²) in [6, 6.07) is 13.5. The highest BCUT2D eigenvalue weighted by Gasteiger charge is 2.56. The van der Waals surface area contributed by atoms with Gasteiger partial charge in [-0.1, -0.05) is 19.9 Å². The molecule has 2 amide bonds. The second kappa shape index (κ2) is 12.3. The molecule has 0 aliphatic carbocycles. The summed E-state index contributed by atoms with van der Waals surface area (Å²) < 4.78 is 64.5. The van der Waals surface area contributed by atoms with Crippen LogP contribution in [0.25, 0.3) is 16.6 Å². The van der Waals surface area contributed by atoms with Crippen LogP contribution in [0.3, 0.4) is 0 Å². The lowest BCUT2D eigenvalue weighted by molar-refractivity contribution is -0.260. The van der Waals surface area contributed by atoms with E-state index < -0.39 is 36.0 Å². The summed E-state index contributed by atoms with van der Waals surface area (Å²) in [5.74, 6) is -0.913. The molecule has 4 N–H and O–H groups in total. The number of aliphatic hydroxyl groups is 1. The molecule has 5 rings (SSSR count). The molecule has 1 saturated heterocycles. The second-order valence-electron chi connectivity index (χ2n) is 12.3. The Morgan fingerprint density at radius 2 is 1.91 bits per heavy atom. The van der Waals surface area contributed by atoms with Gasteiger partial charge in [0.25, 0.3) is 5.91 Å². The van der Waals surface area contributed by atoms with Crippen LogP contribution < -0.4 is 20.7 Å². The Kier molecular flexibility index (Phi) is 8.73. The zero-order chi connectivity index (χ0) is 33.4. The number of nitrogens with zero attached hydrogens (tertiary/aromatic N) is 2. The number of aryl methyl sites for hydroxylation is 1. The molecule has 244 valence electrons. The van der Waals surface area contributed by atoms with Crippen LogP contribution >= 0.6 is 0 Å². The number of ether oxygens (including phenoxy) is 1. The van der Waals surface area contributed by atoms with Crippen molar-refractivity contribution >= 4 is 28.4 Å². The molecule has 0 spiro atoms. The lowest BCUT2D eigenvalue weighted by Gasteiger charge is -2.38. The van der Waals surface area contributed by atoms with Crippen molar-refractivity contribution < 1.29 is 37.0 Å². The van der Waals surface area contributed by atoms with Gasteiger partial charge in [0.05, 0.1) is 37.1 Å². The highest BCUT2D eigenvalue weighted by atomic mass is 19.4. The lowest BCUT2D eigenvalue weighted by atomic mass is 9.74. The van der Waals surface area contributed by atoms with E-state index in [0.29, 0.717) is 39.9 Å². The molecular formula is C33H35F4N5O4. The van der Waals surface area contributed by atoms with Crippen LogP contribution in [0.2, 0.25) is 0 Å². The number of carbonyl (C=O) groups excluding carboxylic acids is 2. The smallest absolute Gasteiger partial charge is 0.418 e. The fourth-order valence-electron chi connectivity index (χ4n) is 5.91. The summed E-state index contributed by atoms with van der Waals surface area (Å²) in [4.78, 5) is 24.4. The van der Waals surface area contributed by atoms with Gasteiger partial charge in [0.1, 0.15) is 11.6 Å². The Labute approximate surface area is 262 Å². The quantitative estimate of drug-likeness (QED) is 0.178. The predicted octanol–water partition coefficient (Wildman–Crippen LogP) is 5.17. The Hall–Kier alpha value is -4.65. The van der Waals surface area contributed by atoms with Gasteiger partial charge in [-0.2, -0.15) is 18.3 Å². The average Bonchev–Trinajstić information content (AvgIpc) is 3.60. The molecule has 1 fully saturated rings. The van der Waals surface area contributed by atoms with Gasteiger partial charge in [-0.15, -0.1) is 0 Å². The van der Waals surface area contributed by atoms with E-state index in [1.165, 1.54) is 33.2 Å². The first-order chi connectivity index (χ1) is 21.6. The van der Waals surface area contributed by atoms with Crippen molar-refractivity contribution in [2.75, 3.05) is 25.5 Å². The maximum absolute atomic E-state index is 14.5. The summed E-state index contributed by atoms with van der Waals surface area (Å²) in [6.45, 7) is 4.22. The van der Waals surface area contributed by atoms with Crippen molar-refractivity contribution in [2.24, 2.45) is 0 Å². The van der Waals surface area contributed by atoms with Crippen LogP contribution in [0.4, 0.5) is 23.2 Å². The number of carbonyl (C=O) groups is 2. The number of halogens is 4. The van der Waals surface area contributed by atoms with Gasteiger partial charge >= 0.3 is 6.18 Å². The molecule has 3 aromatic carbocycles. The Morgan fingerprint density at radius 1 is 1.15 bits per heavy atom. The SMILES string of the molecule is COc1ccc(F)cc1C(C)(C)CC(O)(CNc1cc(C)cc2c1cnn2-c1cccc(C(=O)NC2CNC(=O)C2)c1)C(F)(F)F. The van der Waals surface area contributed by atoms with Crippen molar-refractivity contribution in [1.29, 1.82) is 0 Å². The third kappa shape index (κ3) is 6.64. The molecule has 2 unspecified atom stereocenters. The van der Waals surface area contributed by atoms with Crippen LogP contribution in [0.1, 0.15) is 48.2 Å². The third-order valence-corrected chi connectivity index (χ3v) is 8.22. The number of aromatic nitrogens is 2. The molecule has 9 nitrogen and oxygen atoms in total. The fraction of sp³-hybridized carbons (Fsp3) is 0.364. The Bertz CT molecular complexity index is 1790. The van der Waals surface area contributed by atoms with Crippen LogP contribution in [0.5, 0.6) is 5.75 Å². The van der Waals surface area contributed by atoms with Crippen molar-refractivity contribution in [2.45, 2.75) is 56.8 Å². The van der Waals surface area contributed by atoms with Gasteiger partial charge in [-0.05, 0) is 72.9 Å². The van der Waals surface area contributed by atoms with E-state index >= 15 is 0 Å². The number of alkyl halides is 3. The maximum atomic E-state index is 14.5. The first-order valence-corrected chi connectivity index (χ1v) is 14.6. The first kappa shape index (κ1) is 32.7. The van der Waals surface area contributed by atoms with E-state index in [2.05, 4.69) is 21.0 Å². The molecular weight excluding hydrogens is 606 g/mol. The number of methoxy groups -OCH3 is 1. The molecule has 13 heteroatoms. The summed E-state index contributed by atoms with van der Waals surface area (Å²) in [5.41, 5.74) is -1.88. The van der Waals surface area contributed by atoms with Crippen molar-refractivity contribution in [3.8, 4) is 11.4 Å². The second-order valence-corrected chi connectivity index (χ2v) is 12.3. The van der Waals surface area contributed by atoms with E-state index in [-0.39, 0.29) is 35.6 Å². The molecule has 46 heavy (non-hydrogen) atoms. The largest absolute Gasteiger partial charge is 0.496 e. The normalized spacial score (nSPS) is 16.6. The highest BCUT2D eigenvalue weighted by molar-refractivity contribution is 5.96. The molecule has 0 bridgehead atoms. The van der Waals surface area contributed by atoms with Gasteiger partial charge in [0.15, 0.2) is 5.60 Å². The third-order valence-electron chi connectivity index (χ3n) is 8.22. The summed E-state index contributed by atoms with van der Waals surface area (Å²) >= 11 is 0. The minimum atomic E-state index is -5.03. The number of hydrogen-bond donors (Lipinski definition) is 4. The average molecular weight is 642 g/mol. The number of nitrogens with one attached hydrogen (secondary N) is 3. The van der Waals surface area contributed by atoms with Crippen molar-refractivity contribution in [1.82, 2.24) is 20.4 Å². The summed E-state index contributed by atoms with van der Waals surface area (Å²) in [5, 5.41) is 24.4. The molecule has 2 heterocycles. The molecule has 1 aliphatic heterocycles. The van der Waals surface area contributed by atoms with Crippen molar-refractivity contribution in [3.63, 3.8) is 0 Å². The van der Waals surface area contributed by atoms with E-state index in [0.717, 1.165) is 12.1 Å². The number of anilines is 1. The zero-order valence-electron chi connectivity index (χ0n) is 25.8. The number of rotatable bonds is 10. The molecule has 2 atom stereocenters. The topological polar surface area (TPSA) is 118 Å². The van der Waals surface area contributed by atoms with Gasteiger partial charge in [-0.25, -0.2) is 9.07 Å². The Balaban J connectivity index is 1.42. The predicted molar refractivity (Wildman–Crippen MR) is 165 cm³/mol. The minimum Gasteiger partial charge on any atom is -0.496 e. The zero-order valence-corrected chi connectivity index (χ0v) is 25.8. The van der Waals surface area contributed by atoms with Gasteiger partial charge in [-0.3, -0.25) is 9.59 Å². The minimum absolute atomic E-state index is 0.133. The number of amides is 2. The van der Waals surface area contributed by atoms with Crippen LogP contribution in [-0.2, 0) is 10.2 Å². The molecule has 1 aromatic heterocycles. The van der Waals surface area contributed by atoms with E-state index in [4.69, 9.17) is 4.74 Å². The monoisotopic (exact) mass is 641 g/mol. The molecule has 0 saturated carbocycles. The molecule has 0 radical (unpaired) electrons. The lowest BCUT2D eigenvalue weighted by Crippen LogP contribution is -2.53. The van der Waals surface area contributed by atoms with Crippen LogP contribution in [0.15, 0.2) is 60.8 Å². The van der Waals surface area contributed by atoms with Gasteiger partial charge < -0.3 is 25.8 Å². The highest BCUT2D eigenvalue weighted by Crippen LogP contribution is 2.44. The number of fused-ring (bicyclic) bond motifs is 1. The summed E-state index contributed by atoms with van der Waals surface area (Å²) in [6.07, 6.45) is -4.13. The molecule has 4 aromatic rings. The number of hydrogen-bond acceptors (Lipinski definition) is 6. The number of benzene rings is 3. The van der Waals surface area contributed by atoms with E-state index in [1.54, 1.807) is 41.9 Å². The van der Waals surface area contributed by atoms with E-state index in [9.17, 15) is 32.3 Å². The maximum Gasteiger partial charge on any atom is 0.418 e. The standard InChI is InChI=1S/C33H35F4N5O4/c1-19-10-26(39-18-32(45,33(35,36)37)17-31(2,3)25-13-21(34)8-9-28(25)46-4)24-16-40-42(27(24)11-19)23-7-5-6-20(12-23)30(44)41-22-14-29(43)38-15-22/h5-13,16,22,39,45H,14-15,17-18H2,1-4H3,(H,38,43)(H,41,44). The summed E-state index contributed by atoms with van der Waals surface area (Å²) in [7, 11) is 1.34. The van der Waals surface area contributed by atoms with Crippen molar-refractivity contribution in [3.05, 3.63) is 83.3 Å². The van der Waals surface area contributed by atoms with Crippen LogP contribution in [-0.4, -0.2) is 64.7 Å². The first-order valence-electron chi connectivity index (χ1n) is 14.6. The van der Waals surface area contributed by atoms with Gasteiger partial charge in [0.2, 0.25) is 5.91 Å². The van der Waals surface area contributed by atoms with E-state index in [1.807, 2.05) is 6.07 Å². The van der Waals surface area contributed by atoms with Crippen LogP contribution in [0, 0.1) is 12.7 Å². The fourth-order valence-corrected chi connectivity index (χ4v) is 5.91. The van der Waals surface area contributed by atoms with Gasteiger partial charge in [0, 0.05) is 35.2 Å². The Morgan fingerprint density at radius 3 is 2.59 bits per heavy atom. The molecule has 1 aliphatic rings.